The van der Waals surface area contributed by atoms with E-state index in [9.17, 15) is 0 Å². The first kappa shape index (κ1) is 15.4. The van der Waals surface area contributed by atoms with Gasteiger partial charge in [-0.1, -0.05) is 18.2 Å². The van der Waals surface area contributed by atoms with Gasteiger partial charge in [0.25, 0.3) is 0 Å². The molecule has 1 aromatic carbocycles. The maximum Gasteiger partial charge on any atom is 0.161 e. The molecule has 0 aliphatic rings. The fourth-order valence-corrected chi connectivity index (χ4v) is 2.48. The molecule has 2 N–H and O–H groups in total. The summed E-state index contributed by atoms with van der Waals surface area (Å²) in [5.41, 5.74) is 8.40. The quantitative estimate of drug-likeness (QED) is 0.888. The van der Waals surface area contributed by atoms with Gasteiger partial charge in [-0.05, 0) is 31.9 Å². The van der Waals surface area contributed by atoms with Crippen molar-refractivity contribution in [3.05, 3.63) is 41.7 Å². The SMILES string of the molecule is COc1ccccc1CC(N)c1c(OC)cnn1C(C)C. The smallest absolute Gasteiger partial charge is 0.161 e. The van der Waals surface area contributed by atoms with E-state index in [0.29, 0.717) is 6.42 Å². The van der Waals surface area contributed by atoms with Crippen LogP contribution in [0.2, 0.25) is 0 Å². The number of ether oxygens (including phenoxy) is 2. The van der Waals surface area contributed by atoms with Crippen LogP contribution in [0.5, 0.6) is 11.5 Å². The highest BCUT2D eigenvalue weighted by Crippen LogP contribution is 2.30. The summed E-state index contributed by atoms with van der Waals surface area (Å²) in [4.78, 5) is 0. The molecule has 2 aromatic rings. The van der Waals surface area contributed by atoms with E-state index in [-0.39, 0.29) is 12.1 Å². The molecule has 0 bridgehead atoms. The lowest BCUT2D eigenvalue weighted by atomic mass is 10.0. The number of methoxy groups -OCH3 is 2. The van der Waals surface area contributed by atoms with Gasteiger partial charge < -0.3 is 15.2 Å². The first-order valence-corrected chi connectivity index (χ1v) is 7.07. The molecule has 0 radical (unpaired) electrons. The Kier molecular flexibility index (Phi) is 4.85. The summed E-state index contributed by atoms with van der Waals surface area (Å²) >= 11 is 0. The van der Waals surface area contributed by atoms with Gasteiger partial charge in [0, 0.05) is 6.04 Å². The van der Waals surface area contributed by atoms with Crippen LogP contribution in [-0.4, -0.2) is 24.0 Å². The van der Waals surface area contributed by atoms with Gasteiger partial charge in [0.15, 0.2) is 5.75 Å². The van der Waals surface area contributed by atoms with Crippen LogP contribution in [0.1, 0.15) is 37.2 Å². The predicted molar refractivity (Wildman–Crippen MR) is 82.8 cm³/mol. The average molecular weight is 289 g/mol. The van der Waals surface area contributed by atoms with E-state index >= 15 is 0 Å². The van der Waals surface area contributed by atoms with Gasteiger partial charge in [0.05, 0.1) is 32.2 Å². The van der Waals surface area contributed by atoms with Crippen molar-refractivity contribution >= 4 is 0 Å². The van der Waals surface area contributed by atoms with E-state index in [4.69, 9.17) is 15.2 Å². The van der Waals surface area contributed by atoms with Crippen molar-refractivity contribution in [1.82, 2.24) is 9.78 Å². The molecular weight excluding hydrogens is 266 g/mol. The second kappa shape index (κ2) is 6.63. The van der Waals surface area contributed by atoms with E-state index in [1.807, 2.05) is 28.9 Å². The summed E-state index contributed by atoms with van der Waals surface area (Å²) in [6.45, 7) is 4.15. The first-order valence-electron chi connectivity index (χ1n) is 7.07. The van der Waals surface area contributed by atoms with Crippen LogP contribution in [0.15, 0.2) is 30.5 Å². The molecule has 0 amide bonds. The average Bonchev–Trinajstić information content (AvgIpc) is 2.92. The minimum atomic E-state index is -0.207. The lowest BCUT2D eigenvalue weighted by molar-refractivity contribution is 0.392. The molecule has 21 heavy (non-hydrogen) atoms. The van der Waals surface area contributed by atoms with Crippen molar-refractivity contribution in [3.8, 4) is 11.5 Å². The van der Waals surface area contributed by atoms with Crippen LogP contribution < -0.4 is 15.2 Å². The molecule has 0 spiro atoms. The van der Waals surface area contributed by atoms with Crippen LogP contribution >= 0.6 is 0 Å². The number of benzene rings is 1. The molecule has 5 nitrogen and oxygen atoms in total. The minimum Gasteiger partial charge on any atom is -0.496 e. The zero-order valence-corrected chi connectivity index (χ0v) is 13.0. The van der Waals surface area contributed by atoms with E-state index in [2.05, 4.69) is 18.9 Å². The number of para-hydroxylation sites is 1. The van der Waals surface area contributed by atoms with E-state index in [0.717, 1.165) is 22.8 Å². The molecule has 0 aliphatic heterocycles. The van der Waals surface area contributed by atoms with Crippen LogP contribution in [0.4, 0.5) is 0 Å². The Labute approximate surface area is 125 Å². The Balaban J connectivity index is 2.32. The molecular formula is C16H23N3O2. The van der Waals surface area contributed by atoms with Gasteiger partial charge in [0.2, 0.25) is 0 Å². The monoisotopic (exact) mass is 289 g/mol. The molecule has 0 saturated carbocycles. The van der Waals surface area contributed by atoms with Gasteiger partial charge in [-0.3, -0.25) is 4.68 Å². The molecule has 1 unspecified atom stereocenters. The molecule has 1 heterocycles. The van der Waals surface area contributed by atoms with Crippen molar-refractivity contribution in [3.63, 3.8) is 0 Å². The van der Waals surface area contributed by atoms with Gasteiger partial charge in [-0.2, -0.15) is 5.10 Å². The topological polar surface area (TPSA) is 62.3 Å². The minimum absolute atomic E-state index is 0.207. The lowest BCUT2D eigenvalue weighted by Crippen LogP contribution is -2.20. The molecule has 2 rings (SSSR count). The molecule has 0 saturated heterocycles. The van der Waals surface area contributed by atoms with E-state index in [1.165, 1.54) is 0 Å². The van der Waals surface area contributed by atoms with Crippen molar-refractivity contribution in [1.29, 1.82) is 0 Å². The third-order valence-corrected chi connectivity index (χ3v) is 3.49. The standard InChI is InChI=1S/C16H23N3O2/c1-11(2)19-16(15(21-4)10-18-19)13(17)9-12-7-5-6-8-14(12)20-3/h5-8,10-11,13H,9,17H2,1-4H3. The Morgan fingerprint density at radius 2 is 1.81 bits per heavy atom. The van der Waals surface area contributed by atoms with Crippen LogP contribution in [0.25, 0.3) is 0 Å². The molecule has 1 atom stereocenters. The largest absolute Gasteiger partial charge is 0.496 e. The van der Waals surface area contributed by atoms with Crippen molar-refractivity contribution in [2.24, 2.45) is 5.73 Å². The Morgan fingerprint density at radius 3 is 2.43 bits per heavy atom. The van der Waals surface area contributed by atoms with Crippen LogP contribution in [-0.2, 0) is 6.42 Å². The third-order valence-electron chi connectivity index (χ3n) is 3.49. The van der Waals surface area contributed by atoms with Crippen molar-refractivity contribution < 1.29 is 9.47 Å². The van der Waals surface area contributed by atoms with Gasteiger partial charge in [-0.15, -0.1) is 0 Å². The highest BCUT2D eigenvalue weighted by atomic mass is 16.5. The molecule has 0 aliphatic carbocycles. The van der Waals surface area contributed by atoms with Crippen molar-refractivity contribution in [2.75, 3.05) is 14.2 Å². The number of hydrogen-bond donors (Lipinski definition) is 1. The summed E-state index contributed by atoms with van der Waals surface area (Å²) in [6.07, 6.45) is 2.39. The Morgan fingerprint density at radius 1 is 1.14 bits per heavy atom. The predicted octanol–water partition coefficient (Wildman–Crippen LogP) is 2.72. The van der Waals surface area contributed by atoms with Crippen molar-refractivity contribution in [2.45, 2.75) is 32.4 Å². The van der Waals surface area contributed by atoms with Gasteiger partial charge in [0.1, 0.15) is 5.75 Å². The number of nitrogens with two attached hydrogens (primary N) is 1. The highest BCUT2D eigenvalue weighted by molar-refractivity contribution is 5.36. The van der Waals surface area contributed by atoms with E-state index in [1.54, 1.807) is 20.4 Å². The van der Waals surface area contributed by atoms with E-state index < -0.39 is 0 Å². The third kappa shape index (κ3) is 3.19. The number of hydrogen-bond acceptors (Lipinski definition) is 4. The molecule has 0 fully saturated rings. The second-order valence-corrected chi connectivity index (χ2v) is 5.26. The fraction of sp³-hybridized carbons (Fsp3) is 0.438. The molecule has 5 heteroatoms. The van der Waals surface area contributed by atoms with Crippen LogP contribution in [0.3, 0.4) is 0 Å². The summed E-state index contributed by atoms with van der Waals surface area (Å²) in [5.74, 6) is 1.58. The van der Waals surface area contributed by atoms with Gasteiger partial charge in [-0.25, -0.2) is 0 Å². The second-order valence-electron chi connectivity index (χ2n) is 5.26. The molecule has 114 valence electrons. The summed E-state index contributed by atoms with van der Waals surface area (Å²) in [7, 11) is 3.31. The number of rotatable bonds is 6. The Hall–Kier alpha value is -2.01. The van der Waals surface area contributed by atoms with Crippen LogP contribution in [0, 0.1) is 0 Å². The van der Waals surface area contributed by atoms with Gasteiger partial charge >= 0.3 is 0 Å². The molecule has 1 aromatic heterocycles. The maximum atomic E-state index is 6.41. The summed E-state index contributed by atoms with van der Waals surface area (Å²) in [6, 6.07) is 7.93. The highest BCUT2D eigenvalue weighted by Gasteiger charge is 2.21. The normalized spacial score (nSPS) is 12.5. The number of aromatic nitrogens is 2. The summed E-state index contributed by atoms with van der Waals surface area (Å²) in [5, 5.41) is 4.37. The Bertz CT molecular complexity index is 593. The number of nitrogens with zero attached hydrogens (tertiary/aromatic N) is 2. The first-order chi connectivity index (χ1) is 10.1. The lowest BCUT2D eigenvalue weighted by Gasteiger charge is -2.19. The zero-order valence-electron chi connectivity index (χ0n) is 13.0. The maximum absolute atomic E-state index is 6.41. The zero-order chi connectivity index (χ0) is 15.4. The summed E-state index contributed by atoms with van der Waals surface area (Å²) < 4.78 is 12.7. The fourth-order valence-electron chi connectivity index (χ4n) is 2.48.